The molecule has 0 aliphatic carbocycles. The van der Waals surface area contributed by atoms with E-state index in [0.717, 1.165) is 19.4 Å². The number of aliphatic hydroxyl groups is 1. The molecule has 2 heterocycles. The van der Waals surface area contributed by atoms with Crippen LogP contribution in [0.3, 0.4) is 0 Å². The number of nitrogens with zero attached hydrogens (tertiary/aromatic N) is 3. The van der Waals surface area contributed by atoms with Crippen molar-refractivity contribution in [2.24, 2.45) is 0 Å². The van der Waals surface area contributed by atoms with Gasteiger partial charge in [-0.15, -0.1) is 0 Å². The lowest BCUT2D eigenvalue weighted by molar-refractivity contribution is -0.385. The van der Waals surface area contributed by atoms with Crippen LogP contribution in [0, 0.1) is 17.0 Å². The molecular formula is C11H14BrN3O3. The Bertz CT molecular complexity index is 481. The van der Waals surface area contributed by atoms with E-state index in [0.29, 0.717) is 22.4 Å². The molecule has 1 atom stereocenters. The Labute approximate surface area is 113 Å². The number of anilines is 1. The quantitative estimate of drug-likeness (QED) is 0.667. The molecular weight excluding hydrogens is 302 g/mol. The second-order valence-electron chi connectivity index (χ2n) is 4.41. The van der Waals surface area contributed by atoms with Crippen LogP contribution in [0.25, 0.3) is 0 Å². The Balaban J connectivity index is 2.34. The van der Waals surface area contributed by atoms with E-state index in [9.17, 15) is 15.2 Å². The van der Waals surface area contributed by atoms with Crippen LogP contribution >= 0.6 is 15.9 Å². The largest absolute Gasteiger partial charge is 0.391 e. The lowest BCUT2D eigenvalue weighted by Crippen LogP contribution is -2.39. The maximum atomic E-state index is 10.8. The minimum Gasteiger partial charge on any atom is -0.391 e. The maximum Gasteiger partial charge on any atom is 0.291 e. The van der Waals surface area contributed by atoms with Gasteiger partial charge in [-0.3, -0.25) is 10.1 Å². The van der Waals surface area contributed by atoms with Crippen LogP contribution in [0.2, 0.25) is 0 Å². The van der Waals surface area contributed by atoms with Crippen molar-refractivity contribution < 1.29 is 10.0 Å². The van der Waals surface area contributed by atoms with Gasteiger partial charge in [-0.2, -0.15) is 0 Å². The first-order chi connectivity index (χ1) is 8.50. The number of nitro groups is 1. The number of aliphatic hydroxyl groups excluding tert-OH is 1. The summed E-state index contributed by atoms with van der Waals surface area (Å²) in [6.07, 6.45) is 2.60. The van der Waals surface area contributed by atoms with Gasteiger partial charge in [0.1, 0.15) is 12.0 Å². The van der Waals surface area contributed by atoms with Crippen LogP contribution in [-0.4, -0.2) is 34.2 Å². The second kappa shape index (κ2) is 5.19. The molecule has 1 fully saturated rings. The van der Waals surface area contributed by atoms with Crippen molar-refractivity contribution in [1.82, 2.24) is 4.98 Å². The van der Waals surface area contributed by atoms with Crippen LogP contribution in [0.15, 0.2) is 10.7 Å². The molecule has 6 nitrogen and oxygen atoms in total. The Morgan fingerprint density at radius 2 is 2.39 bits per heavy atom. The average molecular weight is 316 g/mol. The van der Waals surface area contributed by atoms with Crippen LogP contribution in [0.5, 0.6) is 0 Å². The Hall–Kier alpha value is -1.21. The predicted molar refractivity (Wildman–Crippen MR) is 70.8 cm³/mol. The monoisotopic (exact) mass is 315 g/mol. The summed E-state index contributed by atoms with van der Waals surface area (Å²) in [7, 11) is 0. The van der Waals surface area contributed by atoms with E-state index < -0.39 is 4.92 Å². The molecule has 0 unspecified atom stereocenters. The van der Waals surface area contributed by atoms with Crippen molar-refractivity contribution in [3.05, 3.63) is 26.3 Å². The SMILES string of the molecule is Cc1c([N+](=O)[O-])cnc(N2CCC[C@H](O)C2)c1Br. The molecule has 0 radical (unpaired) electrons. The summed E-state index contributed by atoms with van der Waals surface area (Å²) >= 11 is 3.36. The highest BCUT2D eigenvalue weighted by molar-refractivity contribution is 9.10. The van der Waals surface area contributed by atoms with Gasteiger partial charge >= 0.3 is 0 Å². The first-order valence-electron chi connectivity index (χ1n) is 5.73. The molecule has 98 valence electrons. The molecule has 1 aliphatic rings. The third-order valence-corrected chi connectivity index (χ3v) is 4.06. The highest BCUT2D eigenvalue weighted by Gasteiger charge is 2.24. The molecule has 0 amide bonds. The number of β-amino-alcohol motifs (C(OH)–C–C–N with tert-alkyl or cyclic N) is 1. The standard InChI is InChI=1S/C11H14BrN3O3/c1-7-9(15(17)18)5-13-11(10(7)12)14-4-2-3-8(16)6-14/h5,8,16H,2-4,6H2,1H3/t8-/m0/s1. The first-order valence-corrected chi connectivity index (χ1v) is 6.52. The molecule has 18 heavy (non-hydrogen) atoms. The van der Waals surface area contributed by atoms with E-state index >= 15 is 0 Å². The van der Waals surface area contributed by atoms with Crippen molar-refractivity contribution in [3.63, 3.8) is 0 Å². The van der Waals surface area contributed by atoms with Crippen LogP contribution in [0.1, 0.15) is 18.4 Å². The van der Waals surface area contributed by atoms with Gasteiger partial charge in [-0.05, 0) is 35.7 Å². The number of pyridine rings is 1. The van der Waals surface area contributed by atoms with Gasteiger partial charge in [0.2, 0.25) is 0 Å². The molecule has 1 aliphatic heterocycles. The maximum absolute atomic E-state index is 10.8. The minimum atomic E-state index is -0.443. The van der Waals surface area contributed by atoms with Crippen molar-refractivity contribution in [2.45, 2.75) is 25.9 Å². The molecule has 1 saturated heterocycles. The number of hydrogen-bond donors (Lipinski definition) is 1. The molecule has 0 aromatic carbocycles. The first kappa shape index (κ1) is 13.2. The second-order valence-corrected chi connectivity index (χ2v) is 5.20. The Kier molecular flexibility index (Phi) is 3.82. The number of halogens is 1. The summed E-state index contributed by atoms with van der Waals surface area (Å²) < 4.78 is 0.630. The van der Waals surface area contributed by atoms with Crippen LogP contribution in [-0.2, 0) is 0 Å². The highest BCUT2D eigenvalue weighted by atomic mass is 79.9. The van der Waals surface area contributed by atoms with Gasteiger partial charge in [0.25, 0.3) is 5.69 Å². The number of piperidine rings is 1. The zero-order chi connectivity index (χ0) is 13.3. The smallest absolute Gasteiger partial charge is 0.291 e. The topological polar surface area (TPSA) is 79.5 Å². The van der Waals surface area contributed by atoms with Gasteiger partial charge in [0.05, 0.1) is 15.5 Å². The number of aromatic nitrogens is 1. The number of hydrogen-bond acceptors (Lipinski definition) is 5. The van der Waals surface area contributed by atoms with Crippen LogP contribution < -0.4 is 4.90 Å². The molecule has 1 aromatic heterocycles. The lowest BCUT2D eigenvalue weighted by atomic mass is 10.1. The summed E-state index contributed by atoms with van der Waals surface area (Å²) in [5.74, 6) is 0.664. The van der Waals surface area contributed by atoms with E-state index in [2.05, 4.69) is 20.9 Å². The summed E-state index contributed by atoms with van der Waals surface area (Å²) in [6, 6.07) is 0. The fourth-order valence-electron chi connectivity index (χ4n) is 2.11. The van der Waals surface area contributed by atoms with Gasteiger partial charge in [-0.1, -0.05) is 0 Å². The third kappa shape index (κ3) is 2.46. The lowest BCUT2D eigenvalue weighted by Gasteiger charge is -2.31. The van der Waals surface area contributed by atoms with Crippen molar-refractivity contribution in [1.29, 1.82) is 0 Å². The van der Waals surface area contributed by atoms with Gasteiger partial charge < -0.3 is 10.0 Å². The van der Waals surface area contributed by atoms with Gasteiger partial charge in [-0.25, -0.2) is 4.98 Å². The minimum absolute atomic E-state index is 0.00295. The van der Waals surface area contributed by atoms with Crippen molar-refractivity contribution in [2.75, 3.05) is 18.0 Å². The fraction of sp³-hybridized carbons (Fsp3) is 0.545. The van der Waals surface area contributed by atoms with Gasteiger partial charge in [0, 0.05) is 18.7 Å². The van der Waals surface area contributed by atoms with E-state index in [-0.39, 0.29) is 11.8 Å². The molecule has 0 bridgehead atoms. The summed E-state index contributed by atoms with van der Waals surface area (Å²) in [6.45, 7) is 3.01. The fourth-order valence-corrected chi connectivity index (χ4v) is 2.66. The van der Waals surface area contributed by atoms with E-state index in [1.165, 1.54) is 6.20 Å². The predicted octanol–water partition coefficient (Wildman–Crippen LogP) is 2.02. The molecule has 1 aromatic rings. The number of rotatable bonds is 2. The molecule has 0 spiro atoms. The average Bonchev–Trinajstić information content (AvgIpc) is 2.32. The Morgan fingerprint density at radius 3 is 3.00 bits per heavy atom. The molecule has 0 saturated carbocycles. The summed E-state index contributed by atoms with van der Waals surface area (Å²) in [5, 5.41) is 20.5. The zero-order valence-corrected chi connectivity index (χ0v) is 11.6. The molecule has 1 N–H and O–H groups in total. The zero-order valence-electron chi connectivity index (χ0n) is 9.97. The normalized spacial score (nSPS) is 19.9. The van der Waals surface area contributed by atoms with Crippen LogP contribution in [0.4, 0.5) is 11.5 Å². The molecule has 7 heteroatoms. The van der Waals surface area contributed by atoms with E-state index in [1.54, 1.807) is 6.92 Å². The third-order valence-electron chi connectivity index (χ3n) is 3.11. The van der Waals surface area contributed by atoms with E-state index in [4.69, 9.17) is 0 Å². The highest BCUT2D eigenvalue weighted by Crippen LogP contribution is 2.33. The van der Waals surface area contributed by atoms with Crippen molar-refractivity contribution >= 4 is 27.4 Å². The van der Waals surface area contributed by atoms with Gasteiger partial charge in [0.15, 0.2) is 0 Å². The summed E-state index contributed by atoms with van der Waals surface area (Å²) in [4.78, 5) is 16.5. The molecule has 2 rings (SSSR count). The summed E-state index contributed by atoms with van der Waals surface area (Å²) in [5.41, 5.74) is 0.563. The van der Waals surface area contributed by atoms with E-state index in [1.807, 2.05) is 4.90 Å². The van der Waals surface area contributed by atoms with Crippen molar-refractivity contribution in [3.8, 4) is 0 Å². The Morgan fingerprint density at radius 1 is 1.67 bits per heavy atom.